The maximum Gasteiger partial charge on any atom is 0.267 e. The topological polar surface area (TPSA) is 86.2 Å². The molecule has 3 heterocycles. The Morgan fingerprint density at radius 1 is 1.19 bits per heavy atom. The monoisotopic (exact) mass is 466 g/mol. The van der Waals surface area contributed by atoms with Gasteiger partial charge in [0.05, 0.1) is 9.90 Å². The molecule has 0 saturated carbocycles. The Kier molecular flexibility index (Phi) is 6.67. The van der Waals surface area contributed by atoms with Gasteiger partial charge in [-0.2, -0.15) is 0 Å². The van der Waals surface area contributed by atoms with Crippen LogP contribution in [0.2, 0.25) is 5.02 Å². The summed E-state index contributed by atoms with van der Waals surface area (Å²) in [6.45, 7) is 3.03. The van der Waals surface area contributed by atoms with E-state index in [-0.39, 0.29) is 18.1 Å². The molecule has 0 spiro atoms. The molecule has 1 aromatic carbocycles. The number of amidine groups is 1. The van der Waals surface area contributed by atoms with Gasteiger partial charge in [0.1, 0.15) is 11.7 Å². The van der Waals surface area contributed by atoms with Crippen LogP contribution < -0.4 is 5.32 Å². The highest BCUT2D eigenvalue weighted by Crippen LogP contribution is 2.22. The first-order valence-electron chi connectivity index (χ1n) is 10.4. The smallest absolute Gasteiger partial charge is 0.267 e. The van der Waals surface area contributed by atoms with Crippen LogP contribution in [0.3, 0.4) is 0 Å². The van der Waals surface area contributed by atoms with E-state index in [1.807, 2.05) is 12.1 Å². The number of hydrogen-bond donors (Lipinski definition) is 2. The molecule has 1 aliphatic heterocycles. The van der Waals surface area contributed by atoms with E-state index >= 15 is 0 Å². The Hall–Kier alpha value is -3.03. The van der Waals surface area contributed by atoms with Crippen molar-refractivity contribution in [2.45, 2.75) is 32.2 Å². The second kappa shape index (κ2) is 9.63. The molecule has 1 unspecified atom stereocenters. The zero-order chi connectivity index (χ0) is 22.7. The highest BCUT2D eigenvalue weighted by molar-refractivity contribution is 7.12. The maximum atomic E-state index is 12.9. The second-order valence-corrected chi connectivity index (χ2v) is 9.15. The number of aromatic nitrogens is 1. The number of pyridine rings is 1. The number of carbonyl (C=O) groups excluding carboxylic acids is 2. The molecule has 1 saturated heterocycles. The van der Waals surface area contributed by atoms with Gasteiger partial charge in [0.25, 0.3) is 5.91 Å². The number of thiophene rings is 1. The maximum absolute atomic E-state index is 12.9. The lowest BCUT2D eigenvalue weighted by Crippen LogP contribution is -2.33. The Morgan fingerprint density at radius 2 is 1.94 bits per heavy atom. The molecule has 1 amide bonds. The van der Waals surface area contributed by atoms with Crippen molar-refractivity contribution in [3.63, 3.8) is 0 Å². The minimum absolute atomic E-state index is 0.0744. The fourth-order valence-electron chi connectivity index (χ4n) is 3.82. The van der Waals surface area contributed by atoms with Crippen LogP contribution >= 0.6 is 22.9 Å². The van der Waals surface area contributed by atoms with Crippen LogP contribution in [0, 0.1) is 5.41 Å². The zero-order valence-corrected chi connectivity index (χ0v) is 19.2. The molecule has 32 heavy (non-hydrogen) atoms. The Labute approximate surface area is 195 Å². The molecule has 3 aromatic rings. The third-order valence-corrected chi connectivity index (χ3v) is 6.77. The van der Waals surface area contributed by atoms with Gasteiger partial charge in [-0.3, -0.25) is 15.0 Å². The molecular weight excluding hydrogens is 444 g/mol. The standard InChI is InChI=1S/C24H23ClN4O2S/c1-15-3-2-11-29(15)23(26)17-6-4-16(5-7-17)20(30)13-18-10-12-32-22(18)24(31)28-21-9-8-19(25)14-27-21/h4-10,12,14-15,26H,2-3,11,13H2,1H3,(H,27,28,31). The summed E-state index contributed by atoms with van der Waals surface area (Å²) >= 11 is 7.12. The summed E-state index contributed by atoms with van der Waals surface area (Å²) in [5.41, 5.74) is 2.04. The van der Waals surface area contributed by atoms with E-state index in [4.69, 9.17) is 17.0 Å². The van der Waals surface area contributed by atoms with Gasteiger partial charge in [-0.05, 0) is 48.9 Å². The van der Waals surface area contributed by atoms with Gasteiger partial charge < -0.3 is 10.2 Å². The van der Waals surface area contributed by atoms with E-state index in [9.17, 15) is 9.59 Å². The highest BCUT2D eigenvalue weighted by Gasteiger charge is 2.23. The Morgan fingerprint density at radius 3 is 2.59 bits per heavy atom. The summed E-state index contributed by atoms with van der Waals surface area (Å²) in [4.78, 5) is 32.2. The van der Waals surface area contributed by atoms with E-state index in [0.717, 1.165) is 24.9 Å². The summed E-state index contributed by atoms with van der Waals surface area (Å²) in [5.74, 6) is 0.521. The SMILES string of the molecule is CC1CCCN1C(=N)c1ccc(C(=O)Cc2ccsc2C(=O)Nc2ccc(Cl)cn2)cc1. The number of nitrogens with zero attached hydrogens (tertiary/aromatic N) is 2. The van der Waals surface area contributed by atoms with Gasteiger partial charge >= 0.3 is 0 Å². The number of hydrogen-bond acceptors (Lipinski definition) is 5. The Balaban J connectivity index is 1.42. The van der Waals surface area contributed by atoms with E-state index < -0.39 is 0 Å². The predicted octanol–water partition coefficient (Wildman–Crippen LogP) is 5.28. The first-order chi connectivity index (χ1) is 15.4. The summed E-state index contributed by atoms with van der Waals surface area (Å²) in [6, 6.07) is 12.6. The molecule has 1 atom stereocenters. The van der Waals surface area contributed by atoms with Gasteiger partial charge in [0.2, 0.25) is 0 Å². The fourth-order valence-corrected chi connectivity index (χ4v) is 4.75. The molecule has 6 nitrogen and oxygen atoms in total. The van der Waals surface area contributed by atoms with Gasteiger partial charge in [0, 0.05) is 36.3 Å². The number of halogens is 1. The molecule has 2 N–H and O–H groups in total. The van der Waals surface area contributed by atoms with Crippen molar-refractivity contribution in [1.82, 2.24) is 9.88 Å². The number of benzene rings is 1. The molecule has 0 aliphatic carbocycles. The number of ketones is 1. The van der Waals surface area contributed by atoms with Crippen LogP contribution in [0.4, 0.5) is 5.82 Å². The normalized spacial score (nSPS) is 15.6. The first kappa shape index (κ1) is 22.2. The van der Waals surface area contributed by atoms with Crippen molar-refractivity contribution in [3.8, 4) is 0 Å². The molecular formula is C24H23ClN4O2S. The van der Waals surface area contributed by atoms with Crippen molar-refractivity contribution >= 4 is 46.3 Å². The molecule has 4 rings (SSSR count). The van der Waals surface area contributed by atoms with Crippen LogP contribution in [-0.2, 0) is 6.42 Å². The summed E-state index contributed by atoms with van der Waals surface area (Å²) in [5, 5.41) is 13.5. The molecule has 2 aromatic heterocycles. The molecule has 8 heteroatoms. The third-order valence-electron chi connectivity index (χ3n) is 5.59. The lowest BCUT2D eigenvalue weighted by molar-refractivity contribution is 0.0993. The number of carbonyl (C=O) groups is 2. The lowest BCUT2D eigenvalue weighted by atomic mass is 10.0. The average Bonchev–Trinajstić information content (AvgIpc) is 3.44. The van der Waals surface area contributed by atoms with Crippen molar-refractivity contribution in [2.24, 2.45) is 0 Å². The number of amides is 1. The van der Waals surface area contributed by atoms with Crippen LogP contribution in [0.5, 0.6) is 0 Å². The zero-order valence-electron chi connectivity index (χ0n) is 17.6. The van der Waals surface area contributed by atoms with Gasteiger partial charge in [-0.15, -0.1) is 11.3 Å². The molecule has 0 bridgehead atoms. The molecule has 1 aliphatic rings. The van der Waals surface area contributed by atoms with Crippen molar-refractivity contribution in [2.75, 3.05) is 11.9 Å². The fraction of sp³-hybridized carbons (Fsp3) is 0.250. The number of Topliss-reactive ketones (excluding diaryl/α,β-unsaturated/α-hetero) is 1. The van der Waals surface area contributed by atoms with Crippen LogP contribution in [0.15, 0.2) is 54.0 Å². The summed E-state index contributed by atoms with van der Waals surface area (Å²) in [6.07, 6.45) is 3.79. The minimum atomic E-state index is -0.304. The number of anilines is 1. The molecule has 164 valence electrons. The van der Waals surface area contributed by atoms with Crippen LogP contribution in [-0.4, -0.2) is 40.0 Å². The van der Waals surface area contributed by atoms with E-state index in [0.29, 0.717) is 38.7 Å². The predicted molar refractivity (Wildman–Crippen MR) is 128 cm³/mol. The van der Waals surface area contributed by atoms with E-state index in [1.54, 1.807) is 35.7 Å². The molecule has 0 radical (unpaired) electrons. The number of likely N-dealkylation sites (tertiary alicyclic amines) is 1. The van der Waals surface area contributed by atoms with Gasteiger partial charge in [-0.25, -0.2) is 4.98 Å². The highest BCUT2D eigenvalue weighted by atomic mass is 35.5. The van der Waals surface area contributed by atoms with Crippen LogP contribution in [0.1, 0.15) is 50.9 Å². The van der Waals surface area contributed by atoms with Crippen LogP contribution in [0.25, 0.3) is 0 Å². The van der Waals surface area contributed by atoms with E-state index in [2.05, 4.69) is 22.1 Å². The number of nitrogens with one attached hydrogen (secondary N) is 2. The summed E-state index contributed by atoms with van der Waals surface area (Å²) in [7, 11) is 0. The second-order valence-electron chi connectivity index (χ2n) is 7.80. The van der Waals surface area contributed by atoms with Gasteiger partial charge in [-0.1, -0.05) is 35.9 Å². The first-order valence-corrected chi connectivity index (χ1v) is 11.7. The van der Waals surface area contributed by atoms with Crippen molar-refractivity contribution < 1.29 is 9.59 Å². The van der Waals surface area contributed by atoms with E-state index in [1.165, 1.54) is 17.5 Å². The average molecular weight is 467 g/mol. The third kappa shape index (κ3) is 4.89. The quantitative estimate of drug-likeness (QED) is 0.294. The minimum Gasteiger partial charge on any atom is -0.354 e. The summed E-state index contributed by atoms with van der Waals surface area (Å²) < 4.78 is 0. The molecule has 1 fully saturated rings. The number of rotatable bonds is 6. The van der Waals surface area contributed by atoms with Crippen molar-refractivity contribution in [1.29, 1.82) is 5.41 Å². The Bertz CT molecular complexity index is 1140. The van der Waals surface area contributed by atoms with Gasteiger partial charge in [0.15, 0.2) is 5.78 Å². The largest absolute Gasteiger partial charge is 0.354 e. The lowest BCUT2D eigenvalue weighted by Gasteiger charge is -2.24. The van der Waals surface area contributed by atoms with Crippen molar-refractivity contribution in [3.05, 3.63) is 80.6 Å².